The van der Waals surface area contributed by atoms with Crippen molar-refractivity contribution < 1.29 is 9.53 Å². The van der Waals surface area contributed by atoms with Gasteiger partial charge in [-0.25, -0.2) is 0 Å². The summed E-state index contributed by atoms with van der Waals surface area (Å²) in [4.78, 5) is 13.7. The topological polar surface area (TPSA) is 29.5 Å². The number of hydrogen-bond acceptors (Lipinski definition) is 2. The lowest BCUT2D eigenvalue weighted by Gasteiger charge is -2.16. The Morgan fingerprint density at radius 1 is 1.41 bits per heavy atom. The molecule has 1 aromatic carbocycles. The molecule has 1 amide bonds. The van der Waals surface area contributed by atoms with Crippen LogP contribution in [-0.4, -0.2) is 30.5 Å². The molecule has 0 N–H and O–H groups in total. The highest BCUT2D eigenvalue weighted by molar-refractivity contribution is 5.78. The fourth-order valence-corrected chi connectivity index (χ4v) is 2.03. The van der Waals surface area contributed by atoms with Gasteiger partial charge in [-0.15, -0.1) is 0 Å². The number of hydrogen-bond donors (Lipinski definition) is 0. The van der Waals surface area contributed by atoms with Crippen LogP contribution in [0.15, 0.2) is 24.3 Å². The first-order chi connectivity index (χ1) is 8.15. The molecule has 1 aliphatic rings. The largest absolute Gasteiger partial charge is 0.484 e. The van der Waals surface area contributed by atoms with Crippen molar-refractivity contribution in [2.75, 3.05) is 19.7 Å². The second-order valence-electron chi connectivity index (χ2n) is 4.84. The lowest BCUT2D eigenvalue weighted by molar-refractivity contribution is -0.132. The van der Waals surface area contributed by atoms with Crippen LogP contribution >= 0.6 is 0 Å². The van der Waals surface area contributed by atoms with Gasteiger partial charge in [0.15, 0.2) is 6.61 Å². The van der Waals surface area contributed by atoms with E-state index in [1.165, 1.54) is 5.56 Å². The normalized spacial score (nSPS) is 19.4. The molecule has 0 aliphatic carbocycles. The minimum Gasteiger partial charge on any atom is -0.484 e. The highest BCUT2D eigenvalue weighted by Crippen LogP contribution is 2.16. The van der Waals surface area contributed by atoms with Crippen molar-refractivity contribution >= 4 is 5.91 Å². The summed E-state index contributed by atoms with van der Waals surface area (Å²) >= 11 is 0. The number of carbonyl (C=O) groups is 1. The molecule has 1 unspecified atom stereocenters. The van der Waals surface area contributed by atoms with Crippen LogP contribution in [0, 0.1) is 12.8 Å². The van der Waals surface area contributed by atoms with E-state index in [0.29, 0.717) is 5.92 Å². The summed E-state index contributed by atoms with van der Waals surface area (Å²) in [7, 11) is 0. The van der Waals surface area contributed by atoms with Crippen molar-refractivity contribution in [1.29, 1.82) is 0 Å². The Kier molecular flexibility index (Phi) is 3.67. The molecule has 3 heteroatoms. The van der Waals surface area contributed by atoms with Crippen molar-refractivity contribution in [2.24, 2.45) is 5.92 Å². The van der Waals surface area contributed by atoms with E-state index in [1.54, 1.807) is 0 Å². The highest BCUT2D eigenvalue weighted by Gasteiger charge is 2.23. The highest BCUT2D eigenvalue weighted by atomic mass is 16.5. The van der Waals surface area contributed by atoms with Crippen LogP contribution < -0.4 is 4.74 Å². The number of likely N-dealkylation sites (tertiary alicyclic amines) is 1. The summed E-state index contributed by atoms with van der Waals surface area (Å²) in [6.07, 6.45) is 1.11. The van der Waals surface area contributed by atoms with Crippen LogP contribution in [0.3, 0.4) is 0 Å². The zero-order valence-corrected chi connectivity index (χ0v) is 10.5. The maximum absolute atomic E-state index is 11.8. The van der Waals surface area contributed by atoms with E-state index in [0.717, 1.165) is 25.3 Å². The maximum Gasteiger partial charge on any atom is 0.260 e. The second kappa shape index (κ2) is 5.21. The summed E-state index contributed by atoms with van der Waals surface area (Å²) in [5, 5.41) is 0. The maximum atomic E-state index is 11.8. The van der Waals surface area contributed by atoms with Crippen molar-refractivity contribution in [3.63, 3.8) is 0 Å². The minimum atomic E-state index is 0.0925. The van der Waals surface area contributed by atoms with Gasteiger partial charge in [0.1, 0.15) is 5.75 Å². The van der Waals surface area contributed by atoms with E-state index in [-0.39, 0.29) is 12.5 Å². The Bertz CT molecular complexity index is 386. The van der Waals surface area contributed by atoms with Gasteiger partial charge in [0, 0.05) is 13.1 Å². The molecule has 0 radical (unpaired) electrons. The van der Waals surface area contributed by atoms with Gasteiger partial charge in [0.05, 0.1) is 0 Å². The van der Waals surface area contributed by atoms with E-state index >= 15 is 0 Å². The summed E-state index contributed by atoms with van der Waals surface area (Å²) in [5.74, 6) is 1.48. The van der Waals surface area contributed by atoms with Crippen molar-refractivity contribution in [3.8, 4) is 5.75 Å². The molecule has 0 aromatic heterocycles. The summed E-state index contributed by atoms with van der Waals surface area (Å²) in [6.45, 7) is 6.10. The van der Waals surface area contributed by atoms with Gasteiger partial charge >= 0.3 is 0 Å². The molecule has 2 rings (SSSR count). The molecule has 17 heavy (non-hydrogen) atoms. The number of amides is 1. The fourth-order valence-electron chi connectivity index (χ4n) is 2.03. The second-order valence-corrected chi connectivity index (χ2v) is 4.84. The molecular weight excluding hydrogens is 214 g/mol. The molecule has 1 saturated heterocycles. The van der Waals surface area contributed by atoms with Crippen LogP contribution in [-0.2, 0) is 4.79 Å². The number of ether oxygens (including phenoxy) is 1. The first-order valence-corrected chi connectivity index (χ1v) is 6.12. The third-order valence-electron chi connectivity index (χ3n) is 3.16. The summed E-state index contributed by atoms with van der Waals surface area (Å²) < 4.78 is 5.48. The number of benzene rings is 1. The predicted molar refractivity (Wildman–Crippen MR) is 67.0 cm³/mol. The van der Waals surface area contributed by atoms with E-state index in [1.807, 2.05) is 36.1 Å². The van der Waals surface area contributed by atoms with E-state index < -0.39 is 0 Å². The third kappa shape index (κ3) is 3.22. The first kappa shape index (κ1) is 12.0. The van der Waals surface area contributed by atoms with Crippen LogP contribution in [0.1, 0.15) is 18.9 Å². The lowest BCUT2D eigenvalue weighted by atomic mass is 10.2. The molecule has 1 heterocycles. The molecule has 0 bridgehead atoms. The van der Waals surface area contributed by atoms with Crippen LogP contribution in [0.25, 0.3) is 0 Å². The minimum absolute atomic E-state index is 0.0925. The number of rotatable bonds is 3. The van der Waals surface area contributed by atoms with Crippen LogP contribution in [0.4, 0.5) is 0 Å². The average molecular weight is 233 g/mol. The Morgan fingerprint density at radius 3 is 2.71 bits per heavy atom. The lowest BCUT2D eigenvalue weighted by Crippen LogP contribution is -2.32. The van der Waals surface area contributed by atoms with Crippen molar-refractivity contribution in [3.05, 3.63) is 29.8 Å². The molecule has 1 aromatic rings. The zero-order valence-electron chi connectivity index (χ0n) is 10.5. The Morgan fingerprint density at radius 2 is 2.12 bits per heavy atom. The van der Waals surface area contributed by atoms with Gasteiger partial charge in [0.2, 0.25) is 0 Å². The van der Waals surface area contributed by atoms with Crippen LogP contribution in [0.5, 0.6) is 5.75 Å². The average Bonchev–Trinajstić information content (AvgIpc) is 2.75. The molecule has 3 nitrogen and oxygen atoms in total. The van der Waals surface area contributed by atoms with Gasteiger partial charge in [-0.2, -0.15) is 0 Å². The molecule has 0 spiro atoms. The van der Waals surface area contributed by atoms with Gasteiger partial charge in [0.25, 0.3) is 5.91 Å². The molecular formula is C14H19NO2. The summed E-state index contributed by atoms with van der Waals surface area (Å²) in [6, 6.07) is 7.76. The number of carbonyl (C=O) groups excluding carboxylic acids is 1. The fraction of sp³-hybridized carbons (Fsp3) is 0.500. The van der Waals surface area contributed by atoms with E-state index in [9.17, 15) is 4.79 Å². The summed E-state index contributed by atoms with van der Waals surface area (Å²) in [5.41, 5.74) is 1.19. The number of aryl methyl sites for hydroxylation is 1. The monoisotopic (exact) mass is 233 g/mol. The van der Waals surface area contributed by atoms with E-state index in [2.05, 4.69) is 6.92 Å². The zero-order chi connectivity index (χ0) is 12.3. The van der Waals surface area contributed by atoms with Crippen LogP contribution in [0.2, 0.25) is 0 Å². The molecule has 1 fully saturated rings. The van der Waals surface area contributed by atoms with Gasteiger partial charge < -0.3 is 9.64 Å². The molecule has 1 atom stereocenters. The molecule has 92 valence electrons. The standard InChI is InChI=1S/C14H19NO2/c1-11-3-5-13(6-4-11)17-10-14(16)15-8-7-12(2)9-15/h3-6,12H,7-10H2,1-2H3. The Balaban J connectivity index is 1.82. The van der Waals surface area contributed by atoms with Gasteiger partial charge in [-0.3, -0.25) is 4.79 Å². The smallest absolute Gasteiger partial charge is 0.260 e. The quantitative estimate of drug-likeness (QED) is 0.801. The third-order valence-corrected chi connectivity index (χ3v) is 3.16. The van der Waals surface area contributed by atoms with Crippen molar-refractivity contribution in [1.82, 2.24) is 4.90 Å². The Labute approximate surface area is 102 Å². The van der Waals surface area contributed by atoms with E-state index in [4.69, 9.17) is 4.74 Å². The SMILES string of the molecule is Cc1ccc(OCC(=O)N2CCC(C)C2)cc1. The van der Waals surface area contributed by atoms with Crippen molar-refractivity contribution in [2.45, 2.75) is 20.3 Å². The molecule has 0 saturated carbocycles. The molecule has 1 aliphatic heterocycles. The predicted octanol–water partition coefficient (Wildman–Crippen LogP) is 2.24. The van der Waals surface area contributed by atoms with Gasteiger partial charge in [-0.05, 0) is 31.4 Å². The number of nitrogens with zero attached hydrogens (tertiary/aromatic N) is 1. The van der Waals surface area contributed by atoms with Gasteiger partial charge in [-0.1, -0.05) is 24.6 Å². The first-order valence-electron chi connectivity index (χ1n) is 6.12. The Hall–Kier alpha value is -1.51.